The van der Waals surface area contributed by atoms with Crippen molar-refractivity contribution in [2.75, 3.05) is 6.54 Å². The molecule has 2 rings (SSSR count). The van der Waals surface area contributed by atoms with Crippen molar-refractivity contribution in [1.29, 1.82) is 0 Å². The third-order valence-electron chi connectivity index (χ3n) is 5.75. The van der Waals surface area contributed by atoms with Gasteiger partial charge in [-0.1, -0.05) is 52.9 Å². The molecule has 2 fully saturated rings. The molecule has 20 heavy (non-hydrogen) atoms. The van der Waals surface area contributed by atoms with Crippen LogP contribution in [-0.2, 0) is 4.74 Å². The molecule has 2 aliphatic carbocycles. The van der Waals surface area contributed by atoms with Crippen molar-refractivity contribution < 1.29 is 4.74 Å². The maximum atomic E-state index is 6.77. The van der Waals surface area contributed by atoms with Crippen molar-refractivity contribution in [2.24, 2.45) is 23.5 Å². The lowest BCUT2D eigenvalue weighted by atomic mass is 9.75. The fourth-order valence-electron chi connectivity index (χ4n) is 4.31. The number of nitrogens with two attached hydrogens (primary N) is 1. The van der Waals surface area contributed by atoms with Crippen LogP contribution < -0.4 is 5.73 Å². The predicted molar refractivity (Wildman–Crippen MR) is 85.7 cm³/mol. The van der Waals surface area contributed by atoms with Crippen LogP contribution in [0.3, 0.4) is 0 Å². The molecule has 0 amide bonds. The van der Waals surface area contributed by atoms with E-state index in [-0.39, 0.29) is 5.60 Å². The van der Waals surface area contributed by atoms with Crippen LogP contribution in [0.15, 0.2) is 0 Å². The Morgan fingerprint density at radius 3 is 2.30 bits per heavy atom. The Kier molecular flexibility index (Phi) is 5.92. The maximum Gasteiger partial charge on any atom is 0.0808 e. The quantitative estimate of drug-likeness (QED) is 0.769. The highest BCUT2D eigenvalue weighted by Crippen LogP contribution is 2.40. The van der Waals surface area contributed by atoms with Gasteiger partial charge in [0.05, 0.1) is 11.7 Å². The summed E-state index contributed by atoms with van der Waals surface area (Å²) in [7, 11) is 0. The van der Waals surface area contributed by atoms with Gasteiger partial charge in [0.2, 0.25) is 0 Å². The normalized spacial score (nSPS) is 35.0. The second kappa shape index (κ2) is 7.26. The van der Waals surface area contributed by atoms with Crippen molar-refractivity contribution in [3.8, 4) is 0 Å². The van der Waals surface area contributed by atoms with Gasteiger partial charge in [-0.05, 0) is 43.4 Å². The van der Waals surface area contributed by atoms with Crippen molar-refractivity contribution in [1.82, 2.24) is 0 Å². The van der Waals surface area contributed by atoms with Gasteiger partial charge in [0, 0.05) is 6.54 Å². The zero-order valence-corrected chi connectivity index (χ0v) is 13.9. The largest absolute Gasteiger partial charge is 0.370 e. The van der Waals surface area contributed by atoms with Crippen molar-refractivity contribution in [3.63, 3.8) is 0 Å². The van der Waals surface area contributed by atoms with Gasteiger partial charge in [0.25, 0.3) is 0 Å². The lowest BCUT2D eigenvalue weighted by molar-refractivity contribution is -0.141. The minimum absolute atomic E-state index is 0.00856. The van der Waals surface area contributed by atoms with Crippen LogP contribution in [-0.4, -0.2) is 18.2 Å². The van der Waals surface area contributed by atoms with Crippen LogP contribution in [0.1, 0.15) is 78.6 Å². The first-order chi connectivity index (χ1) is 9.56. The minimum Gasteiger partial charge on any atom is -0.370 e. The fraction of sp³-hybridized carbons (Fsp3) is 1.00. The summed E-state index contributed by atoms with van der Waals surface area (Å²) in [5.41, 5.74) is 6.15. The Balaban J connectivity index is 2.06. The molecule has 0 aliphatic heterocycles. The molecule has 0 aromatic heterocycles. The molecule has 0 spiro atoms. The molecule has 3 atom stereocenters. The van der Waals surface area contributed by atoms with Crippen molar-refractivity contribution in [3.05, 3.63) is 0 Å². The highest BCUT2D eigenvalue weighted by Gasteiger charge is 2.39. The van der Waals surface area contributed by atoms with E-state index in [4.69, 9.17) is 10.5 Å². The third kappa shape index (κ3) is 3.98. The van der Waals surface area contributed by atoms with E-state index in [1.165, 1.54) is 57.8 Å². The molecule has 2 nitrogen and oxygen atoms in total. The zero-order valence-electron chi connectivity index (χ0n) is 13.9. The monoisotopic (exact) mass is 281 g/mol. The van der Waals surface area contributed by atoms with Crippen LogP contribution in [0.5, 0.6) is 0 Å². The summed E-state index contributed by atoms with van der Waals surface area (Å²) in [4.78, 5) is 0. The molecule has 0 bridgehead atoms. The summed E-state index contributed by atoms with van der Waals surface area (Å²) in [6.45, 7) is 7.82. The summed E-state index contributed by atoms with van der Waals surface area (Å²) in [6, 6.07) is 0. The number of hydrogen-bond acceptors (Lipinski definition) is 2. The lowest BCUT2D eigenvalue weighted by Gasteiger charge is -2.43. The van der Waals surface area contributed by atoms with Crippen LogP contribution in [0.25, 0.3) is 0 Å². The van der Waals surface area contributed by atoms with E-state index in [9.17, 15) is 0 Å². The average molecular weight is 281 g/mol. The van der Waals surface area contributed by atoms with E-state index in [2.05, 4.69) is 20.8 Å². The SMILES string of the molecule is CC1CCC(C(C)C)C(OC2(CN)CCCCCC2)C1. The molecule has 0 heterocycles. The number of ether oxygens (including phenoxy) is 1. The Labute approximate surface area is 125 Å². The van der Waals surface area contributed by atoms with Gasteiger partial charge in [-0.3, -0.25) is 0 Å². The van der Waals surface area contributed by atoms with Gasteiger partial charge >= 0.3 is 0 Å². The molecule has 0 saturated heterocycles. The maximum absolute atomic E-state index is 6.77. The molecule has 2 heteroatoms. The average Bonchev–Trinajstić information content (AvgIpc) is 2.64. The van der Waals surface area contributed by atoms with Gasteiger partial charge in [-0.15, -0.1) is 0 Å². The first-order valence-corrected chi connectivity index (χ1v) is 8.94. The summed E-state index contributed by atoms with van der Waals surface area (Å²) < 4.78 is 6.77. The van der Waals surface area contributed by atoms with E-state index >= 15 is 0 Å². The Bertz CT molecular complexity index is 281. The molecule has 118 valence electrons. The molecular weight excluding hydrogens is 246 g/mol. The fourth-order valence-corrected chi connectivity index (χ4v) is 4.31. The minimum atomic E-state index is -0.00856. The second-order valence-corrected chi connectivity index (χ2v) is 7.78. The van der Waals surface area contributed by atoms with E-state index in [1.807, 2.05) is 0 Å². The summed E-state index contributed by atoms with van der Waals surface area (Å²) >= 11 is 0. The van der Waals surface area contributed by atoms with E-state index < -0.39 is 0 Å². The predicted octanol–water partition coefficient (Wildman–Crippen LogP) is 4.52. The van der Waals surface area contributed by atoms with Crippen LogP contribution in [0.4, 0.5) is 0 Å². The highest BCUT2D eigenvalue weighted by atomic mass is 16.5. The van der Waals surface area contributed by atoms with Gasteiger partial charge in [-0.25, -0.2) is 0 Å². The zero-order chi connectivity index (χ0) is 14.6. The molecule has 2 N–H and O–H groups in total. The first kappa shape index (κ1) is 16.3. The van der Waals surface area contributed by atoms with Crippen molar-refractivity contribution >= 4 is 0 Å². The van der Waals surface area contributed by atoms with E-state index in [0.717, 1.165) is 17.8 Å². The second-order valence-electron chi connectivity index (χ2n) is 7.78. The van der Waals surface area contributed by atoms with Gasteiger partial charge in [0.15, 0.2) is 0 Å². The lowest BCUT2D eigenvalue weighted by Crippen LogP contribution is -2.47. The van der Waals surface area contributed by atoms with Crippen LogP contribution >= 0.6 is 0 Å². The molecule has 2 aliphatic rings. The van der Waals surface area contributed by atoms with Crippen molar-refractivity contribution in [2.45, 2.75) is 90.3 Å². The van der Waals surface area contributed by atoms with E-state index in [0.29, 0.717) is 12.6 Å². The Hall–Kier alpha value is -0.0800. The Morgan fingerprint density at radius 2 is 1.75 bits per heavy atom. The number of rotatable bonds is 4. The summed E-state index contributed by atoms with van der Waals surface area (Å²) in [6.07, 6.45) is 12.1. The molecule has 2 saturated carbocycles. The molecular formula is C18H35NO. The standard InChI is InChI=1S/C18H35NO/c1-14(2)16-9-8-15(3)12-17(16)20-18(13-19)10-6-4-5-7-11-18/h14-17H,4-13,19H2,1-3H3. The van der Waals surface area contributed by atoms with Gasteiger partial charge < -0.3 is 10.5 Å². The molecule has 0 aromatic carbocycles. The van der Waals surface area contributed by atoms with E-state index in [1.54, 1.807) is 0 Å². The number of hydrogen-bond donors (Lipinski definition) is 1. The van der Waals surface area contributed by atoms with Gasteiger partial charge in [-0.2, -0.15) is 0 Å². The molecule has 3 unspecified atom stereocenters. The molecule has 0 radical (unpaired) electrons. The molecule has 0 aromatic rings. The first-order valence-electron chi connectivity index (χ1n) is 8.94. The highest BCUT2D eigenvalue weighted by molar-refractivity contribution is 4.89. The summed E-state index contributed by atoms with van der Waals surface area (Å²) in [5, 5.41) is 0. The van der Waals surface area contributed by atoms with Crippen LogP contribution in [0, 0.1) is 17.8 Å². The van der Waals surface area contributed by atoms with Crippen LogP contribution in [0.2, 0.25) is 0 Å². The smallest absolute Gasteiger partial charge is 0.0808 e. The summed E-state index contributed by atoms with van der Waals surface area (Å²) in [5.74, 6) is 2.28. The Morgan fingerprint density at radius 1 is 1.10 bits per heavy atom. The van der Waals surface area contributed by atoms with Gasteiger partial charge in [0.1, 0.15) is 0 Å². The third-order valence-corrected chi connectivity index (χ3v) is 5.75. The topological polar surface area (TPSA) is 35.2 Å².